The first-order valence-electron chi connectivity index (χ1n) is 8.66. The second kappa shape index (κ2) is 8.52. The monoisotopic (exact) mass is 434 g/mol. The zero-order valence-corrected chi connectivity index (χ0v) is 16.5. The summed E-state index contributed by atoms with van der Waals surface area (Å²) >= 11 is 3.38. The van der Waals surface area contributed by atoms with Crippen molar-refractivity contribution in [1.82, 2.24) is 4.90 Å². The summed E-state index contributed by atoms with van der Waals surface area (Å²) < 4.78 is 20.7. The molecule has 1 amide bonds. The van der Waals surface area contributed by atoms with Gasteiger partial charge >= 0.3 is 0 Å². The van der Waals surface area contributed by atoms with Crippen molar-refractivity contribution in [3.63, 3.8) is 0 Å². The Bertz CT molecular complexity index is 851. The lowest BCUT2D eigenvalue weighted by Gasteiger charge is -2.36. The number of benzene rings is 2. The lowest BCUT2D eigenvalue weighted by molar-refractivity contribution is -0.133. The molecule has 0 radical (unpaired) electrons. The maximum atomic E-state index is 14.3. The molecule has 0 aliphatic carbocycles. The third kappa shape index (κ3) is 4.66. The Kier molecular flexibility index (Phi) is 6.11. The molecule has 1 heterocycles. The van der Waals surface area contributed by atoms with Gasteiger partial charge in [-0.25, -0.2) is 4.39 Å². The average molecular weight is 435 g/mol. The van der Waals surface area contributed by atoms with Gasteiger partial charge in [-0.05, 0) is 53.2 Å². The first kappa shape index (κ1) is 19.4. The van der Waals surface area contributed by atoms with E-state index >= 15 is 0 Å². The fourth-order valence-electron chi connectivity index (χ4n) is 2.97. The van der Waals surface area contributed by atoms with Crippen molar-refractivity contribution in [2.24, 2.45) is 0 Å². The molecule has 0 unspecified atom stereocenters. The molecule has 142 valence electrons. The van der Waals surface area contributed by atoms with E-state index in [2.05, 4.69) is 15.9 Å². The lowest BCUT2D eigenvalue weighted by Crippen LogP contribution is -2.50. The Morgan fingerprint density at radius 1 is 1.11 bits per heavy atom. The zero-order chi connectivity index (χ0) is 19.4. The molecule has 0 saturated carbocycles. The summed E-state index contributed by atoms with van der Waals surface area (Å²) in [6, 6.07) is 11.9. The molecule has 3 rings (SSSR count). The summed E-state index contributed by atoms with van der Waals surface area (Å²) in [6.45, 7) is 3.41. The predicted octanol–water partition coefficient (Wildman–Crippen LogP) is 3.52. The second-order valence-electron chi connectivity index (χ2n) is 6.31. The maximum absolute atomic E-state index is 14.3. The minimum atomic E-state index is -0.417. The predicted molar refractivity (Wildman–Crippen MR) is 105 cm³/mol. The van der Waals surface area contributed by atoms with Crippen molar-refractivity contribution in [3.05, 3.63) is 58.3 Å². The molecule has 0 aromatic heterocycles. The number of Topliss-reactive ketones (excluding diaryl/α,β-unsaturated/α-hetero) is 1. The highest BCUT2D eigenvalue weighted by molar-refractivity contribution is 9.10. The fraction of sp³-hybridized carbons (Fsp3) is 0.300. The third-order valence-corrected chi connectivity index (χ3v) is 5.17. The van der Waals surface area contributed by atoms with Crippen LogP contribution in [0, 0.1) is 5.82 Å². The molecule has 5 nitrogen and oxygen atoms in total. The molecule has 0 atom stereocenters. The van der Waals surface area contributed by atoms with Gasteiger partial charge < -0.3 is 14.5 Å². The van der Waals surface area contributed by atoms with Crippen LogP contribution in [0.15, 0.2) is 46.9 Å². The molecular weight excluding hydrogens is 415 g/mol. The highest BCUT2D eigenvalue weighted by Gasteiger charge is 2.23. The van der Waals surface area contributed by atoms with E-state index in [0.29, 0.717) is 43.2 Å². The summed E-state index contributed by atoms with van der Waals surface area (Å²) in [5.41, 5.74) is 0.811. The summed E-state index contributed by atoms with van der Waals surface area (Å²) in [5, 5.41) is 0. The smallest absolute Gasteiger partial charge is 0.260 e. The average Bonchev–Trinajstić information content (AvgIpc) is 2.67. The van der Waals surface area contributed by atoms with E-state index in [-0.39, 0.29) is 18.3 Å². The van der Waals surface area contributed by atoms with Crippen LogP contribution >= 0.6 is 15.9 Å². The highest BCUT2D eigenvalue weighted by Crippen LogP contribution is 2.24. The van der Waals surface area contributed by atoms with Crippen LogP contribution in [0.3, 0.4) is 0 Å². The number of hydrogen-bond acceptors (Lipinski definition) is 4. The van der Waals surface area contributed by atoms with Crippen molar-refractivity contribution in [2.45, 2.75) is 6.92 Å². The van der Waals surface area contributed by atoms with Crippen molar-refractivity contribution >= 4 is 33.3 Å². The SMILES string of the molecule is CC(=O)c1ccc(N2CCN(C(=O)COc3ccccc3Br)CC2)c(F)c1. The molecule has 0 spiro atoms. The van der Waals surface area contributed by atoms with Crippen LogP contribution in [0.25, 0.3) is 0 Å². The minimum absolute atomic E-state index is 0.0374. The fourth-order valence-corrected chi connectivity index (χ4v) is 3.37. The summed E-state index contributed by atoms with van der Waals surface area (Å²) in [6.07, 6.45) is 0. The molecule has 1 aliphatic heterocycles. The Morgan fingerprint density at radius 2 is 1.81 bits per heavy atom. The first-order chi connectivity index (χ1) is 13.0. The molecule has 27 heavy (non-hydrogen) atoms. The minimum Gasteiger partial charge on any atom is -0.483 e. The number of ketones is 1. The van der Waals surface area contributed by atoms with Gasteiger partial charge in [0.25, 0.3) is 5.91 Å². The lowest BCUT2D eigenvalue weighted by atomic mass is 10.1. The zero-order valence-electron chi connectivity index (χ0n) is 15.0. The number of halogens is 2. The number of nitrogens with zero attached hydrogens (tertiary/aromatic N) is 2. The maximum Gasteiger partial charge on any atom is 0.260 e. The van der Waals surface area contributed by atoms with Crippen LogP contribution in [0.5, 0.6) is 5.75 Å². The van der Waals surface area contributed by atoms with Crippen LogP contribution in [-0.2, 0) is 4.79 Å². The molecule has 0 bridgehead atoms. The van der Waals surface area contributed by atoms with Gasteiger partial charge in [0, 0.05) is 31.7 Å². The van der Waals surface area contributed by atoms with Crippen LogP contribution in [0.2, 0.25) is 0 Å². The standard InChI is InChI=1S/C20H20BrFN2O3/c1-14(25)15-6-7-18(17(22)12-15)23-8-10-24(11-9-23)20(26)13-27-19-5-3-2-4-16(19)21/h2-7,12H,8-11,13H2,1H3. The van der Waals surface area contributed by atoms with E-state index in [9.17, 15) is 14.0 Å². The number of piperazine rings is 1. The van der Waals surface area contributed by atoms with Gasteiger partial charge in [0.15, 0.2) is 12.4 Å². The Labute approximate surface area is 165 Å². The van der Waals surface area contributed by atoms with Gasteiger partial charge in [0.2, 0.25) is 0 Å². The molecule has 7 heteroatoms. The number of carbonyl (C=O) groups excluding carboxylic acids is 2. The van der Waals surface area contributed by atoms with Gasteiger partial charge in [-0.15, -0.1) is 0 Å². The van der Waals surface area contributed by atoms with E-state index in [1.54, 1.807) is 23.1 Å². The van der Waals surface area contributed by atoms with E-state index in [4.69, 9.17) is 4.74 Å². The number of hydrogen-bond donors (Lipinski definition) is 0. The number of anilines is 1. The van der Waals surface area contributed by atoms with E-state index in [1.807, 2.05) is 23.1 Å². The number of rotatable bonds is 5. The molecule has 0 N–H and O–H groups in total. The normalized spacial score (nSPS) is 14.2. The van der Waals surface area contributed by atoms with Crippen molar-refractivity contribution in [1.29, 1.82) is 0 Å². The Balaban J connectivity index is 1.55. The topological polar surface area (TPSA) is 49.9 Å². The van der Waals surface area contributed by atoms with Gasteiger partial charge in [-0.1, -0.05) is 12.1 Å². The molecule has 2 aromatic rings. The molecule has 1 fully saturated rings. The van der Waals surface area contributed by atoms with Crippen molar-refractivity contribution in [2.75, 3.05) is 37.7 Å². The van der Waals surface area contributed by atoms with Gasteiger partial charge in [-0.3, -0.25) is 9.59 Å². The van der Waals surface area contributed by atoms with E-state index < -0.39 is 5.82 Å². The summed E-state index contributed by atoms with van der Waals surface area (Å²) in [5.74, 6) is -0.0597. The molecule has 1 aliphatic rings. The Hall–Kier alpha value is -2.41. The van der Waals surface area contributed by atoms with E-state index in [1.165, 1.54) is 13.0 Å². The van der Waals surface area contributed by atoms with Gasteiger partial charge in [0.1, 0.15) is 11.6 Å². The number of amides is 1. The van der Waals surface area contributed by atoms with Crippen LogP contribution in [0.1, 0.15) is 17.3 Å². The molecular formula is C20H20BrFN2O3. The second-order valence-corrected chi connectivity index (χ2v) is 7.16. The number of ether oxygens (including phenoxy) is 1. The largest absolute Gasteiger partial charge is 0.483 e. The first-order valence-corrected chi connectivity index (χ1v) is 9.45. The van der Waals surface area contributed by atoms with Crippen LogP contribution < -0.4 is 9.64 Å². The van der Waals surface area contributed by atoms with Gasteiger partial charge in [-0.2, -0.15) is 0 Å². The van der Waals surface area contributed by atoms with Gasteiger partial charge in [0.05, 0.1) is 10.2 Å². The van der Waals surface area contributed by atoms with Crippen LogP contribution in [-0.4, -0.2) is 49.4 Å². The van der Waals surface area contributed by atoms with Crippen molar-refractivity contribution in [3.8, 4) is 5.75 Å². The third-order valence-electron chi connectivity index (χ3n) is 4.52. The van der Waals surface area contributed by atoms with Crippen LogP contribution in [0.4, 0.5) is 10.1 Å². The Morgan fingerprint density at radius 3 is 2.44 bits per heavy atom. The number of para-hydroxylation sites is 1. The van der Waals surface area contributed by atoms with Crippen molar-refractivity contribution < 1.29 is 18.7 Å². The molecule has 2 aromatic carbocycles. The van der Waals surface area contributed by atoms with E-state index in [0.717, 1.165) is 4.47 Å². The molecule has 1 saturated heterocycles. The highest BCUT2D eigenvalue weighted by atomic mass is 79.9. The summed E-state index contributed by atoms with van der Waals surface area (Å²) in [4.78, 5) is 27.3. The summed E-state index contributed by atoms with van der Waals surface area (Å²) in [7, 11) is 0. The number of carbonyl (C=O) groups is 2. The quantitative estimate of drug-likeness (QED) is 0.675.